The normalized spacial score (nSPS) is 22.4. The molecule has 3 aliphatic heterocycles. The Morgan fingerprint density at radius 1 is 1.00 bits per heavy atom. The maximum atomic E-state index is 13.2. The lowest BCUT2D eigenvalue weighted by Gasteiger charge is -2.43. The van der Waals surface area contributed by atoms with Crippen LogP contribution in [0.3, 0.4) is 0 Å². The van der Waals surface area contributed by atoms with E-state index in [-0.39, 0.29) is 5.91 Å². The van der Waals surface area contributed by atoms with Gasteiger partial charge >= 0.3 is 0 Å². The van der Waals surface area contributed by atoms with Crippen molar-refractivity contribution < 1.29 is 14.3 Å². The van der Waals surface area contributed by atoms with Crippen LogP contribution in [0.2, 0.25) is 0 Å². The molecule has 3 aliphatic rings. The first kappa shape index (κ1) is 18.8. The number of rotatable bonds is 7. The maximum absolute atomic E-state index is 13.2. The second kappa shape index (κ2) is 8.61. The second-order valence-electron chi connectivity index (χ2n) is 8.12. The van der Waals surface area contributed by atoms with Crippen molar-refractivity contribution in [2.45, 2.75) is 43.9 Å². The highest BCUT2D eigenvalue weighted by molar-refractivity contribution is 5.89. The Labute approximate surface area is 162 Å². The van der Waals surface area contributed by atoms with Crippen LogP contribution in [0.15, 0.2) is 24.3 Å². The van der Waals surface area contributed by atoms with Gasteiger partial charge in [0.1, 0.15) is 5.75 Å². The molecule has 3 saturated heterocycles. The van der Waals surface area contributed by atoms with Crippen molar-refractivity contribution in [3.63, 3.8) is 0 Å². The average Bonchev–Trinajstić information content (AvgIpc) is 3.18. The molecule has 148 valence electrons. The Morgan fingerprint density at radius 2 is 1.70 bits per heavy atom. The van der Waals surface area contributed by atoms with Gasteiger partial charge in [0.25, 0.3) is 0 Å². The average molecular weight is 373 g/mol. The lowest BCUT2D eigenvalue weighted by molar-refractivity contribution is -0.145. The minimum absolute atomic E-state index is 0.288. The van der Waals surface area contributed by atoms with Crippen LogP contribution in [0.1, 0.15) is 44.1 Å². The molecule has 1 amide bonds. The van der Waals surface area contributed by atoms with Gasteiger partial charge in [0.05, 0.1) is 12.0 Å². The van der Waals surface area contributed by atoms with Gasteiger partial charge in [0.2, 0.25) is 5.91 Å². The highest BCUT2D eigenvalue weighted by atomic mass is 16.5. The van der Waals surface area contributed by atoms with Gasteiger partial charge in [-0.3, -0.25) is 4.79 Å². The largest absolute Gasteiger partial charge is 0.494 e. The zero-order chi connectivity index (χ0) is 18.5. The molecule has 0 bridgehead atoms. The van der Waals surface area contributed by atoms with Crippen LogP contribution in [0, 0.1) is 0 Å². The number of carbonyl (C=O) groups excluding carboxylic acids is 1. The fourth-order valence-electron chi connectivity index (χ4n) is 4.52. The molecule has 0 saturated carbocycles. The number of benzene rings is 1. The van der Waals surface area contributed by atoms with E-state index < -0.39 is 5.41 Å². The molecule has 0 atom stereocenters. The van der Waals surface area contributed by atoms with E-state index in [9.17, 15) is 4.79 Å². The molecule has 5 heteroatoms. The molecule has 1 aromatic rings. The van der Waals surface area contributed by atoms with Gasteiger partial charge in [0.15, 0.2) is 0 Å². The molecular formula is C22H32N2O3. The van der Waals surface area contributed by atoms with E-state index in [2.05, 4.69) is 17.0 Å². The molecule has 4 rings (SSSR count). The first-order valence-electron chi connectivity index (χ1n) is 10.6. The first-order valence-corrected chi connectivity index (χ1v) is 10.6. The summed E-state index contributed by atoms with van der Waals surface area (Å²) in [5, 5.41) is 0. The van der Waals surface area contributed by atoms with Gasteiger partial charge in [-0.25, -0.2) is 0 Å². The predicted octanol–water partition coefficient (Wildman–Crippen LogP) is 2.83. The van der Waals surface area contributed by atoms with E-state index in [0.29, 0.717) is 13.2 Å². The van der Waals surface area contributed by atoms with E-state index in [1.165, 1.54) is 25.9 Å². The molecule has 0 aromatic heterocycles. The maximum Gasteiger partial charge on any atom is 0.233 e. The number of likely N-dealkylation sites (tertiary alicyclic amines) is 2. The van der Waals surface area contributed by atoms with E-state index in [0.717, 1.165) is 63.2 Å². The van der Waals surface area contributed by atoms with E-state index in [4.69, 9.17) is 9.47 Å². The second-order valence-corrected chi connectivity index (χ2v) is 8.12. The van der Waals surface area contributed by atoms with Crippen LogP contribution < -0.4 is 4.74 Å². The summed E-state index contributed by atoms with van der Waals surface area (Å²) in [4.78, 5) is 17.7. The lowest BCUT2D eigenvalue weighted by atomic mass is 9.72. The lowest BCUT2D eigenvalue weighted by Crippen LogP contribution is -2.54. The fraction of sp³-hybridized carbons (Fsp3) is 0.682. The molecule has 1 aromatic carbocycles. The standard InChI is InChI=1S/C22H32N2O3/c25-21(24-14-3-15-24)22(9-17-26-18-10-22)19-5-7-20(8-6-19)27-16-4-13-23-11-1-2-12-23/h5-8H,1-4,9-18H2. The first-order chi connectivity index (χ1) is 13.3. The summed E-state index contributed by atoms with van der Waals surface area (Å²) < 4.78 is 11.5. The Morgan fingerprint density at radius 3 is 2.33 bits per heavy atom. The third-order valence-corrected chi connectivity index (χ3v) is 6.39. The van der Waals surface area contributed by atoms with Crippen LogP contribution in [-0.2, 0) is 14.9 Å². The summed E-state index contributed by atoms with van der Waals surface area (Å²) in [6.07, 6.45) is 6.42. The Bertz CT molecular complexity index is 615. The number of nitrogens with zero attached hydrogens (tertiary/aromatic N) is 2. The monoisotopic (exact) mass is 372 g/mol. The van der Waals surface area contributed by atoms with Gasteiger partial charge in [-0.15, -0.1) is 0 Å². The zero-order valence-corrected chi connectivity index (χ0v) is 16.3. The van der Waals surface area contributed by atoms with Crippen LogP contribution in [0.4, 0.5) is 0 Å². The number of amides is 1. The van der Waals surface area contributed by atoms with Crippen molar-refractivity contribution in [1.82, 2.24) is 9.80 Å². The highest BCUT2D eigenvalue weighted by Gasteiger charge is 2.45. The number of ether oxygens (including phenoxy) is 2. The molecule has 27 heavy (non-hydrogen) atoms. The molecule has 0 N–H and O–H groups in total. The minimum Gasteiger partial charge on any atom is -0.494 e. The Balaban J connectivity index is 1.36. The van der Waals surface area contributed by atoms with Crippen molar-refractivity contribution in [3.8, 4) is 5.75 Å². The molecule has 0 spiro atoms. The smallest absolute Gasteiger partial charge is 0.233 e. The topological polar surface area (TPSA) is 42.0 Å². The van der Waals surface area contributed by atoms with Gasteiger partial charge in [-0.1, -0.05) is 12.1 Å². The third kappa shape index (κ3) is 4.14. The van der Waals surface area contributed by atoms with Gasteiger partial charge in [-0.2, -0.15) is 0 Å². The van der Waals surface area contributed by atoms with Crippen LogP contribution in [-0.4, -0.2) is 68.3 Å². The summed E-state index contributed by atoms with van der Waals surface area (Å²) in [6, 6.07) is 8.26. The fourth-order valence-corrected chi connectivity index (χ4v) is 4.52. The van der Waals surface area contributed by atoms with Crippen molar-refractivity contribution in [2.75, 3.05) is 52.5 Å². The zero-order valence-electron chi connectivity index (χ0n) is 16.3. The van der Waals surface area contributed by atoms with E-state index >= 15 is 0 Å². The molecule has 0 aliphatic carbocycles. The van der Waals surface area contributed by atoms with Crippen LogP contribution in [0.5, 0.6) is 5.75 Å². The van der Waals surface area contributed by atoms with Crippen molar-refractivity contribution >= 4 is 5.91 Å². The summed E-state index contributed by atoms with van der Waals surface area (Å²) in [7, 11) is 0. The molecular weight excluding hydrogens is 340 g/mol. The Kier molecular flexibility index (Phi) is 5.98. The predicted molar refractivity (Wildman–Crippen MR) is 105 cm³/mol. The van der Waals surface area contributed by atoms with Crippen molar-refractivity contribution in [2.24, 2.45) is 0 Å². The summed E-state index contributed by atoms with van der Waals surface area (Å²) in [5.74, 6) is 1.19. The van der Waals surface area contributed by atoms with Gasteiger partial charge in [-0.05, 0) is 69.3 Å². The minimum atomic E-state index is -0.410. The molecule has 3 heterocycles. The van der Waals surface area contributed by atoms with Crippen molar-refractivity contribution in [3.05, 3.63) is 29.8 Å². The molecule has 5 nitrogen and oxygen atoms in total. The van der Waals surface area contributed by atoms with Crippen LogP contribution >= 0.6 is 0 Å². The quantitative estimate of drug-likeness (QED) is 0.690. The molecule has 3 fully saturated rings. The highest BCUT2D eigenvalue weighted by Crippen LogP contribution is 2.38. The van der Waals surface area contributed by atoms with E-state index in [1.807, 2.05) is 17.0 Å². The third-order valence-electron chi connectivity index (χ3n) is 6.39. The molecule has 0 unspecified atom stereocenters. The number of carbonyl (C=O) groups is 1. The number of hydrogen-bond donors (Lipinski definition) is 0. The Hall–Kier alpha value is -1.59. The van der Waals surface area contributed by atoms with Gasteiger partial charge in [0, 0.05) is 32.8 Å². The summed E-state index contributed by atoms with van der Waals surface area (Å²) >= 11 is 0. The van der Waals surface area contributed by atoms with Gasteiger partial charge < -0.3 is 19.3 Å². The van der Waals surface area contributed by atoms with Crippen molar-refractivity contribution in [1.29, 1.82) is 0 Å². The summed E-state index contributed by atoms with van der Waals surface area (Å²) in [5.41, 5.74) is 0.708. The molecule has 0 radical (unpaired) electrons. The number of hydrogen-bond acceptors (Lipinski definition) is 4. The van der Waals surface area contributed by atoms with Crippen LogP contribution in [0.25, 0.3) is 0 Å². The summed E-state index contributed by atoms with van der Waals surface area (Å²) in [6.45, 7) is 7.49. The SMILES string of the molecule is O=C(N1CCC1)C1(c2ccc(OCCCN3CCCC3)cc2)CCOCC1. The van der Waals surface area contributed by atoms with E-state index in [1.54, 1.807) is 0 Å².